The van der Waals surface area contributed by atoms with Gasteiger partial charge in [0.1, 0.15) is 11.1 Å². The molecule has 4 rings (SSSR count). The van der Waals surface area contributed by atoms with E-state index >= 15 is 0 Å². The van der Waals surface area contributed by atoms with Crippen LogP contribution < -0.4 is 20.6 Å². The molecule has 0 aliphatic rings. The van der Waals surface area contributed by atoms with Gasteiger partial charge in [-0.2, -0.15) is 0 Å². The fraction of sp³-hybridized carbons (Fsp3) is 0.148. The molecule has 2 aromatic carbocycles. The molecule has 0 saturated carbocycles. The molecule has 12 heteroatoms. The molecule has 2 heterocycles. The lowest BCUT2D eigenvalue weighted by atomic mass is 10.2. The number of nitrogens with one attached hydrogen (secondary N) is 2. The van der Waals surface area contributed by atoms with Gasteiger partial charge >= 0.3 is 11.9 Å². The van der Waals surface area contributed by atoms with Crippen LogP contribution in [0, 0.1) is 0 Å². The predicted molar refractivity (Wildman–Crippen MR) is 141 cm³/mol. The van der Waals surface area contributed by atoms with E-state index in [2.05, 4.69) is 15.9 Å². The SMILES string of the molecule is CCOc1[nH]n(-c2ccc(C(=O)O)cc2)c(=O)c1C=C=Cc1c(OCC)[nH]n(-c2ccc(C(=O)O)cc2)c1=O. The summed E-state index contributed by atoms with van der Waals surface area (Å²) >= 11 is 0. The smallest absolute Gasteiger partial charge is 0.335 e. The number of hydrogen-bond acceptors (Lipinski definition) is 6. The summed E-state index contributed by atoms with van der Waals surface area (Å²) in [6.45, 7) is 4.03. The number of aromatic carboxylic acids is 2. The second-order valence-corrected chi connectivity index (χ2v) is 8.02. The van der Waals surface area contributed by atoms with Crippen molar-refractivity contribution in [1.82, 2.24) is 19.6 Å². The number of nitrogens with zero attached hydrogens (tertiary/aromatic N) is 2. The normalized spacial score (nSPS) is 10.5. The average Bonchev–Trinajstić information content (AvgIpc) is 3.40. The minimum atomic E-state index is -1.09. The van der Waals surface area contributed by atoms with Gasteiger partial charge in [-0.3, -0.25) is 19.8 Å². The molecule has 200 valence electrons. The number of carboxylic acids is 2. The molecule has 0 spiro atoms. The fourth-order valence-corrected chi connectivity index (χ4v) is 3.70. The molecule has 12 nitrogen and oxygen atoms in total. The lowest BCUT2D eigenvalue weighted by Crippen LogP contribution is -2.16. The predicted octanol–water partition coefficient (Wildman–Crippen LogP) is 3.16. The maximum absolute atomic E-state index is 13.1. The van der Waals surface area contributed by atoms with Crippen molar-refractivity contribution in [2.24, 2.45) is 0 Å². The zero-order valence-electron chi connectivity index (χ0n) is 20.9. The van der Waals surface area contributed by atoms with E-state index in [-0.39, 0.29) is 47.2 Å². The molecular weight excluding hydrogens is 508 g/mol. The van der Waals surface area contributed by atoms with Gasteiger partial charge in [0, 0.05) is 0 Å². The largest absolute Gasteiger partial charge is 0.478 e. The van der Waals surface area contributed by atoms with Crippen molar-refractivity contribution >= 4 is 24.1 Å². The monoisotopic (exact) mass is 532 g/mol. The van der Waals surface area contributed by atoms with Gasteiger partial charge in [-0.15, -0.1) is 5.73 Å². The van der Waals surface area contributed by atoms with Crippen LogP contribution in [0.5, 0.6) is 11.8 Å². The van der Waals surface area contributed by atoms with Crippen LogP contribution in [0.2, 0.25) is 0 Å². The first-order valence-electron chi connectivity index (χ1n) is 11.8. The molecule has 0 aliphatic carbocycles. The third kappa shape index (κ3) is 5.45. The number of carboxylic acid groups (broad SMARTS) is 2. The van der Waals surface area contributed by atoms with Crippen LogP contribution in [0.25, 0.3) is 23.5 Å². The molecule has 0 aliphatic heterocycles. The van der Waals surface area contributed by atoms with Crippen LogP contribution in [0.4, 0.5) is 0 Å². The van der Waals surface area contributed by atoms with Gasteiger partial charge in [0.2, 0.25) is 11.8 Å². The highest BCUT2D eigenvalue weighted by molar-refractivity contribution is 5.88. The lowest BCUT2D eigenvalue weighted by molar-refractivity contribution is 0.0686. The Balaban J connectivity index is 1.74. The third-order valence-electron chi connectivity index (χ3n) is 5.56. The number of rotatable bonds is 10. The molecule has 0 atom stereocenters. The molecule has 4 aromatic rings. The summed E-state index contributed by atoms with van der Waals surface area (Å²) in [5, 5.41) is 23.9. The Labute approximate surface area is 220 Å². The highest BCUT2D eigenvalue weighted by Gasteiger charge is 2.17. The number of hydrogen-bond donors (Lipinski definition) is 4. The number of benzene rings is 2. The lowest BCUT2D eigenvalue weighted by Gasteiger charge is -2.03. The first kappa shape index (κ1) is 26.6. The quantitative estimate of drug-likeness (QED) is 0.226. The second-order valence-electron chi connectivity index (χ2n) is 8.02. The summed E-state index contributed by atoms with van der Waals surface area (Å²) < 4.78 is 13.5. The van der Waals surface area contributed by atoms with Crippen molar-refractivity contribution in [3.63, 3.8) is 0 Å². The van der Waals surface area contributed by atoms with Crippen molar-refractivity contribution in [2.75, 3.05) is 13.2 Å². The van der Waals surface area contributed by atoms with Crippen molar-refractivity contribution in [1.29, 1.82) is 0 Å². The number of aromatic nitrogens is 4. The van der Waals surface area contributed by atoms with E-state index in [4.69, 9.17) is 19.7 Å². The Kier molecular flexibility index (Phi) is 7.69. The molecule has 0 amide bonds. The third-order valence-corrected chi connectivity index (χ3v) is 5.56. The maximum atomic E-state index is 13.1. The van der Waals surface area contributed by atoms with Gasteiger partial charge in [0.15, 0.2) is 0 Å². The van der Waals surface area contributed by atoms with E-state index in [1.807, 2.05) is 0 Å². The van der Waals surface area contributed by atoms with E-state index in [0.717, 1.165) is 0 Å². The molecule has 2 aromatic heterocycles. The first-order chi connectivity index (χ1) is 18.7. The van der Waals surface area contributed by atoms with Crippen molar-refractivity contribution < 1.29 is 29.3 Å². The highest BCUT2D eigenvalue weighted by atomic mass is 16.5. The molecule has 0 bridgehead atoms. The maximum Gasteiger partial charge on any atom is 0.335 e. The Morgan fingerprint density at radius 2 is 1.10 bits per heavy atom. The zero-order chi connectivity index (χ0) is 28.1. The average molecular weight is 533 g/mol. The summed E-state index contributed by atoms with van der Waals surface area (Å²) in [7, 11) is 0. The number of aromatic amines is 2. The summed E-state index contributed by atoms with van der Waals surface area (Å²) in [6.07, 6.45) is 2.72. The second kappa shape index (κ2) is 11.3. The van der Waals surface area contributed by atoms with Crippen LogP contribution in [0.15, 0.2) is 63.9 Å². The zero-order valence-corrected chi connectivity index (χ0v) is 20.9. The van der Waals surface area contributed by atoms with E-state index in [1.165, 1.54) is 70.0 Å². The molecule has 0 unspecified atom stereocenters. The fourth-order valence-electron chi connectivity index (χ4n) is 3.70. The van der Waals surface area contributed by atoms with E-state index < -0.39 is 23.1 Å². The van der Waals surface area contributed by atoms with E-state index in [9.17, 15) is 19.2 Å². The molecule has 0 fully saturated rings. The van der Waals surface area contributed by atoms with E-state index in [0.29, 0.717) is 11.4 Å². The van der Waals surface area contributed by atoms with Crippen molar-refractivity contribution in [3.05, 3.63) is 97.2 Å². The van der Waals surface area contributed by atoms with Crippen LogP contribution in [-0.4, -0.2) is 54.9 Å². The summed E-state index contributed by atoms with van der Waals surface area (Å²) in [5.41, 5.74) is 3.11. The van der Waals surface area contributed by atoms with Crippen LogP contribution in [0.1, 0.15) is 45.7 Å². The Hall–Kier alpha value is -5.48. The van der Waals surface area contributed by atoms with Gasteiger partial charge < -0.3 is 19.7 Å². The van der Waals surface area contributed by atoms with Gasteiger partial charge in [-0.05, 0) is 74.5 Å². The minimum absolute atomic E-state index is 0.0755. The molecule has 0 radical (unpaired) electrons. The Bertz CT molecular complexity index is 1570. The van der Waals surface area contributed by atoms with Crippen molar-refractivity contribution in [2.45, 2.75) is 13.8 Å². The van der Waals surface area contributed by atoms with Crippen molar-refractivity contribution in [3.8, 4) is 23.1 Å². The van der Waals surface area contributed by atoms with Crippen LogP contribution in [-0.2, 0) is 0 Å². The standard InChI is InChI=1S/C27H24N4O8/c1-3-38-22-20(24(32)30(28-22)18-12-8-16(9-13-18)26(34)35)6-5-7-21-23(39-4-2)29-31(25(21)33)19-14-10-17(11-15-19)27(36)37/h6-15,28-29H,3-4H2,1-2H3,(H,34,35)(H,36,37). The summed E-state index contributed by atoms with van der Waals surface area (Å²) in [5.74, 6) is -1.84. The van der Waals surface area contributed by atoms with Gasteiger partial charge in [-0.25, -0.2) is 19.0 Å². The topological polar surface area (TPSA) is 169 Å². The number of H-pyrrole nitrogens is 2. The van der Waals surface area contributed by atoms with Gasteiger partial charge in [0.25, 0.3) is 11.1 Å². The highest BCUT2D eigenvalue weighted by Crippen LogP contribution is 2.19. The molecule has 0 saturated heterocycles. The Morgan fingerprint density at radius 3 is 1.41 bits per heavy atom. The van der Waals surface area contributed by atoms with Crippen LogP contribution in [0.3, 0.4) is 0 Å². The van der Waals surface area contributed by atoms with Crippen LogP contribution >= 0.6 is 0 Å². The molecule has 4 N–H and O–H groups in total. The number of carbonyl (C=O) groups is 2. The van der Waals surface area contributed by atoms with E-state index in [1.54, 1.807) is 13.8 Å². The molecular formula is C27H24N4O8. The first-order valence-corrected chi connectivity index (χ1v) is 11.8. The molecule has 39 heavy (non-hydrogen) atoms. The summed E-state index contributed by atoms with van der Waals surface area (Å²) in [6, 6.07) is 11.5. The van der Waals surface area contributed by atoms with Gasteiger partial charge in [0.05, 0.1) is 35.7 Å². The summed E-state index contributed by atoms with van der Waals surface area (Å²) in [4.78, 5) is 48.5. The number of ether oxygens (including phenoxy) is 2. The van der Waals surface area contributed by atoms with Gasteiger partial charge in [-0.1, -0.05) is 0 Å². The minimum Gasteiger partial charge on any atom is -0.478 e. The Morgan fingerprint density at radius 1 is 0.744 bits per heavy atom.